The summed E-state index contributed by atoms with van der Waals surface area (Å²) < 4.78 is 12.0. The first-order valence-electron chi connectivity index (χ1n) is 28.9. The maximum absolute atomic E-state index is 6.02. The molecular weight excluding hydrogens is 1050 g/mol. The van der Waals surface area contributed by atoms with Gasteiger partial charge in [-0.1, -0.05) is 243 Å². The highest BCUT2D eigenvalue weighted by Crippen LogP contribution is 2.57. The summed E-state index contributed by atoms with van der Waals surface area (Å²) >= 11 is 0. The smallest absolute Gasteiger partial charge is 0.164 e. The Hall–Kier alpha value is -11.5. The van der Waals surface area contributed by atoms with Gasteiger partial charge in [0, 0.05) is 67.1 Å². The molecule has 86 heavy (non-hydrogen) atoms. The number of benzene rings is 11. The van der Waals surface area contributed by atoms with Crippen molar-refractivity contribution >= 4 is 21.9 Å². The van der Waals surface area contributed by atoms with Crippen LogP contribution < -0.4 is 0 Å². The quantitative estimate of drug-likeness (QED) is 0.133. The van der Waals surface area contributed by atoms with Crippen molar-refractivity contribution in [3.8, 4) is 113 Å². The lowest BCUT2D eigenvalue weighted by molar-refractivity contribution is 0.616. The number of hydrogen-bond acceptors (Lipinski definition) is 8. The van der Waals surface area contributed by atoms with Crippen LogP contribution in [0, 0.1) is 0 Å². The van der Waals surface area contributed by atoms with Crippen molar-refractivity contribution in [3.05, 3.63) is 313 Å². The molecule has 0 N–H and O–H groups in total. The summed E-state index contributed by atoms with van der Waals surface area (Å²) in [6.45, 7) is 0. The molecule has 15 aromatic rings. The Balaban J connectivity index is 0.690. The molecule has 4 heterocycles. The Morgan fingerprint density at radius 2 is 0.512 bits per heavy atom. The monoisotopic (exact) mass is 1100 g/mol. The molecule has 8 heteroatoms. The molecule has 0 amide bonds. The minimum Gasteiger partial charge on any atom is -0.464 e. The fourth-order valence-electron chi connectivity index (χ4n) is 13.1. The van der Waals surface area contributed by atoms with E-state index in [0.29, 0.717) is 34.9 Å². The Bertz CT molecular complexity index is 4810. The average molecular weight is 1100 g/mol. The molecule has 0 aliphatic heterocycles. The molecular formula is C78H48N6O2. The van der Waals surface area contributed by atoms with Crippen LogP contribution in [0.1, 0.15) is 45.2 Å². The number of nitrogens with zero attached hydrogens (tertiary/aromatic N) is 6. The lowest BCUT2D eigenvalue weighted by atomic mass is 9.60. The van der Waals surface area contributed by atoms with E-state index in [1.165, 1.54) is 33.4 Å². The van der Waals surface area contributed by atoms with Crippen LogP contribution in [-0.2, 0) is 0 Å². The number of para-hydroxylation sites is 2. The van der Waals surface area contributed by atoms with E-state index in [0.717, 1.165) is 99.8 Å². The SMILES string of the molecule is c1ccc(-c2nc(-c3ccc(-c4ccc5c(c4)C4c6ccccc6C5c5cc(-c6ccc(-c7nc(-c8ccccc8)nc(-c8ccccc8-c8coc9ccccc89)n7)cc6)ccc54)cc3)nc(-c3ccccc3-c3coc4ccccc34)n2)cc1. The first-order valence-corrected chi connectivity index (χ1v) is 28.9. The largest absolute Gasteiger partial charge is 0.464 e. The molecule has 0 spiro atoms. The van der Waals surface area contributed by atoms with Gasteiger partial charge < -0.3 is 8.83 Å². The summed E-state index contributed by atoms with van der Waals surface area (Å²) in [6, 6.07) is 93.5. The minimum absolute atomic E-state index is 0.0917. The van der Waals surface area contributed by atoms with Gasteiger partial charge in [0.05, 0.1) is 12.5 Å². The second-order valence-corrected chi connectivity index (χ2v) is 22.1. The summed E-state index contributed by atoms with van der Waals surface area (Å²) in [5.74, 6) is 3.80. The predicted molar refractivity (Wildman–Crippen MR) is 342 cm³/mol. The highest BCUT2D eigenvalue weighted by molar-refractivity contribution is 5.99. The number of hydrogen-bond donors (Lipinski definition) is 0. The van der Waals surface area contributed by atoms with Crippen molar-refractivity contribution < 1.29 is 8.83 Å². The van der Waals surface area contributed by atoms with E-state index < -0.39 is 0 Å². The normalized spacial score (nSPS) is 13.8. The van der Waals surface area contributed by atoms with Crippen molar-refractivity contribution in [2.24, 2.45) is 0 Å². The molecule has 0 radical (unpaired) electrons. The molecule has 0 saturated heterocycles. The van der Waals surface area contributed by atoms with E-state index >= 15 is 0 Å². The van der Waals surface area contributed by atoms with E-state index in [9.17, 15) is 0 Å². The first kappa shape index (κ1) is 49.2. The molecule has 2 bridgehead atoms. The maximum atomic E-state index is 6.02. The molecule has 0 saturated carbocycles. The fraction of sp³-hybridized carbons (Fsp3) is 0.0256. The molecule has 3 aliphatic carbocycles. The Labute approximate surface area is 495 Å². The molecule has 402 valence electrons. The average Bonchev–Trinajstić information content (AvgIpc) is 0.941. The molecule has 2 atom stereocenters. The predicted octanol–water partition coefficient (Wildman–Crippen LogP) is 19.2. The lowest BCUT2D eigenvalue weighted by Crippen LogP contribution is -2.27. The maximum Gasteiger partial charge on any atom is 0.164 e. The van der Waals surface area contributed by atoms with Crippen molar-refractivity contribution in [2.45, 2.75) is 11.8 Å². The van der Waals surface area contributed by atoms with E-state index in [2.05, 4.69) is 146 Å². The van der Waals surface area contributed by atoms with Gasteiger partial charge in [0.15, 0.2) is 34.9 Å². The van der Waals surface area contributed by atoms with Gasteiger partial charge in [-0.05, 0) is 91.0 Å². The lowest BCUT2D eigenvalue weighted by Gasteiger charge is -2.42. The summed E-state index contributed by atoms with van der Waals surface area (Å²) in [7, 11) is 0. The van der Waals surface area contributed by atoms with Crippen LogP contribution in [0.15, 0.2) is 288 Å². The zero-order valence-electron chi connectivity index (χ0n) is 46.2. The van der Waals surface area contributed by atoms with Crippen LogP contribution in [-0.4, -0.2) is 29.9 Å². The van der Waals surface area contributed by atoms with E-state index in [-0.39, 0.29) is 11.8 Å². The van der Waals surface area contributed by atoms with Gasteiger partial charge in [0.1, 0.15) is 11.2 Å². The second-order valence-electron chi connectivity index (χ2n) is 22.1. The van der Waals surface area contributed by atoms with Gasteiger partial charge in [0.2, 0.25) is 0 Å². The highest BCUT2D eigenvalue weighted by atomic mass is 16.3. The summed E-state index contributed by atoms with van der Waals surface area (Å²) in [4.78, 5) is 30.8. The molecule has 8 nitrogen and oxygen atoms in total. The number of furan rings is 2. The van der Waals surface area contributed by atoms with E-state index in [1.807, 2.05) is 134 Å². The van der Waals surface area contributed by atoms with Crippen LogP contribution in [0.25, 0.3) is 135 Å². The third kappa shape index (κ3) is 8.29. The summed E-state index contributed by atoms with van der Waals surface area (Å²) in [5, 5.41) is 2.07. The van der Waals surface area contributed by atoms with E-state index in [4.69, 9.17) is 38.7 Å². The van der Waals surface area contributed by atoms with Crippen LogP contribution in [0.3, 0.4) is 0 Å². The Morgan fingerprint density at radius 3 is 0.930 bits per heavy atom. The number of aromatic nitrogens is 6. The van der Waals surface area contributed by atoms with Crippen molar-refractivity contribution in [3.63, 3.8) is 0 Å². The third-order valence-electron chi connectivity index (χ3n) is 17.2. The van der Waals surface area contributed by atoms with Gasteiger partial charge >= 0.3 is 0 Å². The summed E-state index contributed by atoms with van der Waals surface area (Å²) in [6.07, 6.45) is 3.65. The molecule has 3 aliphatic rings. The standard InChI is InChI=1S/C78H48N6O2/c1-3-17-49(18-4-1)73-79-75(83-77(81-73)63-27-11-7-21-55(63)67-45-85-69-29-15-13-23-57(67)69)51-35-31-47(32-36-51)53-39-41-61-65(43-53)71-59-25-9-10-26-60(59)72(61)66-44-54(40-42-62(66)71)48-33-37-52(38-34-48)76-80-74(50-19-5-2-6-20-50)82-78(84-76)64-28-12-8-22-56(64)68-46-86-70-30-16-14-24-58(68)70/h1-46,71-72H. The van der Waals surface area contributed by atoms with Gasteiger partial charge in [0.25, 0.3) is 0 Å². The molecule has 4 aromatic heterocycles. The van der Waals surface area contributed by atoms with Crippen LogP contribution in [0.2, 0.25) is 0 Å². The van der Waals surface area contributed by atoms with Crippen LogP contribution in [0.5, 0.6) is 0 Å². The van der Waals surface area contributed by atoms with Gasteiger partial charge in [-0.25, -0.2) is 29.9 Å². The molecule has 11 aromatic carbocycles. The molecule has 0 fully saturated rings. The van der Waals surface area contributed by atoms with Gasteiger partial charge in [-0.3, -0.25) is 0 Å². The second kappa shape index (κ2) is 20.2. The summed E-state index contributed by atoms with van der Waals surface area (Å²) in [5.41, 5.74) is 23.8. The zero-order valence-corrected chi connectivity index (χ0v) is 46.2. The van der Waals surface area contributed by atoms with Gasteiger partial charge in [-0.2, -0.15) is 0 Å². The molecule has 18 rings (SSSR count). The van der Waals surface area contributed by atoms with Crippen LogP contribution in [0.4, 0.5) is 0 Å². The fourth-order valence-corrected chi connectivity index (χ4v) is 13.1. The highest BCUT2D eigenvalue weighted by Gasteiger charge is 2.41. The van der Waals surface area contributed by atoms with Crippen molar-refractivity contribution in [2.75, 3.05) is 0 Å². The zero-order chi connectivity index (χ0) is 56.7. The molecule has 2 unspecified atom stereocenters. The van der Waals surface area contributed by atoms with Crippen LogP contribution >= 0.6 is 0 Å². The van der Waals surface area contributed by atoms with E-state index in [1.54, 1.807) is 0 Å². The van der Waals surface area contributed by atoms with Crippen molar-refractivity contribution in [1.29, 1.82) is 0 Å². The first-order chi connectivity index (χ1) is 42.6. The van der Waals surface area contributed by atoms with Crippen molar-refractivity contribution in [1.82, 2.24) is 29.9 Å². The third-order valence-corrected chi connectivity index (χ3v) is 17.2. The minimum atomic E-state index is 0.0917. The Kier molecular flexibility index (Phi) is 11.5. The Morgan fingerprint density at radius 1 is 0.209 bits per heavy atom. The number of fused-ring (bicyclic) bond motifs is 2. The van der Waals surface area contributed by atoms with Gasteiger partial charge in [-0.15, -0.1) is 0 Å². The number of rotatable bonds is 10. The topological polar surface area (TPSA) is 104 Å².